The summed E-state index contributed by atoms with van der Waals surface area (Å²) in [5.74, 6) is 0.00992. The van der Waals surface area contributed by atoms with Crippen molar-refractivity contribution in [3.8, 4) is 55.6 Å². The summed E-state index contributed by atoms with van der Waals surface area (Å²) < 4.78 is 6.50. The van der Waals surface area contributed by atoms with E-state index in [9.17, 15) is 0 Å². The van der Waals surface area contributed by atoms with E-state index in [1.54, 1.807) is 0 Å². The SMILES string of the molecule is Cc1ccc(-c2cccc(-c3ccc(C(c4ccc(-c5cccc(-c6ccc(C)cc6)c5)cc4)c4cccc(-c5cccc6c5oc5ccccc56)c4)cc3)c2)cc1. The molecule has 10 aromatic rings. The number of benzene rings is 9. The van der Waals surface area contributed by atoms with Gasteiger partial charge in [0.05, 0.1) is 0 Å². The lowest BCUT2D eigenvalue weighted by Gasteiger charge is -2.21. The number of hydrogen-bond donors (Lipinski definition) is 0. The van der Waals surface area contributed by atoms with Gasteiger partial charge in [-0.05, 0) is 98.8 Å². The zero-order valence-electron chi connectivity index (χ0n) is 32.7. The second-order valence-electron chi connectivity index (χ2n) is 15.5. The topological polar surface area (TPSA) is 13.1 Å². The van der Waals surface area contributed by atoms with Gasteiger partial charge in [0, 0.05) is 22.3 Å². The Morgan fingerprint density at radius 2 is 0.741 bits per heavy atom. The molecule has 0 amide bonds. The fourth-order valence-corrected chi connectivity index (χ4v) is 8.42. The van der Waals surface area contributed by atoms with Gasteiger partial charge >= 0.3 is 0 Å². The van der Waals surface area contributed by atoms with Crippen molar-refractivity contribution in [3.63, 3.8) is 0 Å². The van der Waals surface area contributed by atoms with E-state index in [-0.39, 0.29) is 5.92 Å². The molecule has 1 heteroatoms. The summed E-state index contributed by atoms with van der Waals surface area (Å²) in [6.07, 6.45) is 0. The lowest BCUT2D eigenvalue weighted by atomic mass is 9.83. The van der Waals surface area contributed by atoms with Crippen molar-refractivity contribution in [2.24, 2.45) is 0 Å². The van der Waals surface area contributed by atoms with Gasteiger partial charge in [0.25, 0.3) is 0 Å². The van der Waals surface area contributed by atoms with Crippen molar-refractivity contribution in [1.29, 1.82) is 0 Å². The number of hydrogen-bond acceptors (Lipinski definition) is 1. The van der Waals surface area contributed by atoms with Crippen LogP contribution in [-0.2, 0) is 0 Å². The molecule has 0 aliphatic carbocycles. The average molecular weight is 743 g/mol. The van der Waals surface area contributed by atoms with Crippen LogP contribution >= 0.6 is 0 Å². The molecular formula is C57H42O. The first-order valence-corrected chi connectivity index (χ1v) is 20.1. The number of para-hydroxylation sites is 2. The zero-order valence-corrected chi connectivity index (χ0v) is 32.7. The van der Waals surface area contributed by atoms with Gasteiger partial charge in [-0.25, -0.2) is 0 Å². The molecule has 0 unspecified atom stereocenters. The molecule has 1 heterocycles. The molecule has 1 nitrogen and oxygen atoms in total. The fourth-order valence-electron chi connectivity index (χ4n) is 8.42. The van der Waals surface area contributed by atoms with Crippen LogP contribution in [0.5, 0.6) is 0 Å². The molecule has 0 radical (unpaired) electrons. The van der Waals surface area contributed by atoms with Gasteiger partial charge in [0.2, 0.25) is 0 Å². The molecule has 9 aromatic carbocycles. The van der Waals surface area contributed by atoms with E-state index in [0.717, 1.165) is 33.1 Å². The van der Waals surface area contributed by atoms with Crippen molar-refractivity contribution < 1.29 is 4.42 Å². The van der Waals surface area contributed by atoms with Crippen molar-refractivity contribution in [1.82, 2.24) is 0 Å². The van der Waals surface area contributed by atoms with Crippen molar-refractivity contribution in [3.05, 3.63) is 240 Å². The van der Waals surface area contributed by atoms with Crippen LogP contribution in [0.4, 0.5) is 0 Å². The van der Waals surface area contributed by atoms with Gasteiger partial charge in [0.1, 0.15) is 11.2 Å². The molecule has 58 heavy (non-hydrogen) atoms. The predicted octanol–water partition coefficient (Wildman–Crippen LogP) is 15.7. The molecule has 0 aliphatic rings. The maximum atomic E-state index is 6.50. The Hall–Kier alpha value is -7.22. The Morgan fingerprint density at radius 3 is 1.28 bits per heavy atom. The monoisotopic (exact) mass is 742 g/mol. The highest BCUT2D eigenvalue weighted by atomic mass is 16.3. The van der Waals surface area contributed by atoms with Crippen LogP contribution in [-0.4, -0.2) is 0 Å². The van der Waals surface area contributed by atoms with Gasteiger partial charge in [-0.3, -0.25) is 0 Å². The Balaban J connectivity index is 1.04. The first-order chi connectivity index (χ1) is 28.5. The molecule has 0 bridgehead atoms. The Morgan fingerprint density at radius 1 is 0.310 bits per heavy atom. The summed E-state index contributed by atoms with van der Waals surface area (Å²) in [6, 6.07) is 77.4. The summed E-state index contributed by atoms with van der Waals surface area (Å²) in [5, 5.41) is 2.28. The largest absolute Gasteiger partial charge is 0.455 e. The predicted molar refractivity (Wildman–Crippen MR) is 244 cm³/mol. The van der Waals surface area contributed by atoms with Crippen LogP contribution in [0.1, 0.15) is 33.7 Å². The van der Waals surface area contributed by atoms with Gasteiger partial charge < -0.3 is 4.42 Å². The maximum absolute atomic E-state index is 6.50. The molecule has 0 aliphatic heterocycles. The normalized spacial score (nSPS) is 11.4. The van der Waals surface area contributed by atoms with Crippen LogP contribution < -0.4 is 0 Å². The molecular weight excluding hydrogens is 701 g/mol. The summed E-state index contributed by atoms with van der Waals surface area (Å²) in [7, 11) is 0. The van der Waals surface area contributed by atoms with E-state index in [1.807, 2.05) is 6.07 Å². The first-order valence-electron chi connectivity index (χ1n) is 20.1. The Kier molecular flexibility index (Phi) is 9.12. The van der Waals surface area contributed by atoms with Crippen LogP contribution in [0.3, 0.4) is 0 Å². The van der Waals surface area contributed by atoms with Crippen LogP contribution in [0.15, 0.2) is 217 Å². The zero-order chi connectivity index (χ0) is 39.0. The highest BCUT2D eigenvalue weighted by molar-refractivity contribution is 6.09. The Bertz CT molecular complexity index is 2900. The second-order valence-corrected chi connectivity index (χ2v) is 15.5. The molecule has 0 saturated carbocycles. The molecule has 276 valence electrons. The highest BCUT2D eigenvalue weighted by Gasteiger charge is 2.20. The van der Waals surface area contributed by atoms with Gasteiger partial charge in [0.15, 0.2) is 0 Å². The summed E-state index contributed by atoms with van der Waals surface area (Å²) in [4.78, 5) is 0. The number of rotatable bonds is 8. The fraction of sp³-hybridized carbons (Fsp3) is 0.0526. The van der Waals surface area contributed by atoms with Crippen LogP contribution in [0.2, 0.25) is 0 Å². The minimum absolute atomic E-state index is 0.00992. The summed E-state index contributed by atoms with van der Waals surface area (Å²) in [5.41, 5.74) is 20.0. The van der Waals surface area contributed by atoms with Crippen molar-refractivity contribution in [2.75, 3.05) is 0 Å². The third-order valence-electron chi connectivity index (χ3n) is 11.6. The molecule has 10 rings (SSSR count). The number of furan rings is 1. The molecule has 0 atom stereocenters. The number of aryl methyl sites for hydroxylation is 2. The molecule has 0 fully saturated rings. The van der Waals surface area contributed by atoms with E-state index in [2.05, 4.69) is 220 Å². The average Bonchev–Trinajstić information content (AvgIpc) is 3.67. The van der Waals surface area contributed by atoms with Crippen molar-refractivity contribution >= 4 is 21.9 Å². The van der Waals surface area contributed by atoms with E-state index in [0.29, 0.717) is 0 Å². The quantitative estimate of drug-likeness (QED) is 0.141. The minimum atomic E-state index is 0.00992. The highest BCUT2D eigenvalue weighted by Crippen LogP contribution is 2.40. The van der Waals surface area contributed by atoms with Crippen LogP contribution in [0, 0.1) is 13.8 Å². The maximum Gasteiger partial charge on any atom is 0.143 e. The Labute approximate surface area is 340 Å². The van der Waals surface area contributed by atoms with Gasteiger partial charge in [-0.2, -0.15) is 0 Å². The third-order valence-corrected chi connectivity index (χ3v) is 11.6. The van der Waals surface area contributed by atoms with E-state index < -0.39 is 0 Å². The number of fused-ring (bicyclic) bond motifs is 3. The van der Waals surface area contributed by atoms with Crippen LogP contribution in [0.25, 0.3) is 77.6 Å². The summed E-state index contributed by atoms with van der Waals surface area (Å²) in [6.45, 7) is 4.26. The van der Waals surface area contributed by atoms with Crippen molar-refractivity contribution in [2.45, 2.75) is 19.8 Å². The minimum Gasteiger partial charge on any atom is -0.455 e. The summed E-state index contributed by atoms with van der Waals surface area (Å²) >= 11 is 0. The van der Waals surface area contributed by atoms with E-state index >= 15 is 0 Å². The molecule has 0 N–H and O–H groups in total. The standard InChI is InChI=1S/C57H42O/c1-38-19-23-40(24-20-38)46-9-5-11-48(35-46)42-27-31-44(32-28-42)56(45-33-29-43(30-34-45)49-12-6-10-47(36-49)41-25-21-39(2)22-26-41)51-14-7-13-50(37-51)52-16-8-17-54-53-15-3-4-18-55(53)58-57(52)54/h3-37,56H,1-2H3. The lowest BCUT2D eigenvalue weighted by Crippen LogP contribution is -2.04. The molecule has 1 aromatic heterocycles. The van der Waals surface area contributed by atoms with Gasteiger partial charge in [-0.1, -0.05) is 205 Å². The third kappa shape index (κ3) is 6.82. The lowest BCUT2D eigenvalue weighted by molar-refractivity contribution is 0.670. The van der Waals surface area contributed by atoms with Gasteiger partial charge in [-0.15, -0.1) is 0 Å². The van der Waals surface area contributed by atoms with E-state index in [4.69, 9.17) is 4.42 Å². The smallest absolute Gasteiger partial charge is 0.143 e. The molecule has 0 spiro atoms. The second kappa shape index (κ2) is 15.0. The first kappa shape index (κ1) is 35.2. The van der Waals surface area contributed by atoms with E-state index in [1.165, 1.54) is 72.3 Å². The molecule has 0 saturated heterocycles.